The van der Waals surface area contributed by atoms with Crippen molar-refractivity contribution >= 4 is 17.3 Å². The van der Waals surface area contributed by atoms with Gasteiger partial charge in [-0.15, -0.1) is 11.3 Å². The summed E-state index contributed by atoms with van der Waals surface area (Å²) in [6, 6.07) is 7.74. The highest BCUT2D eigenvalue weighted by Gasteiger charge is 2.23. The number of aromatic nitrogens is 1. The van der Waals surface area contributed by atoms with E-state index in [9.17, 15) is 14.3 Å². The number of halogens is 1. The van der Waals surface area contributed by atoms with Crippen molar-refractivity contribution in [1.82, 2.24) is 4.98 Å². The number of carboxylic acids is 1. The molecule has 106 valence electrons. The van der Waals surface area contributed by atoms with Crippen LogP contribution in [-0.2, 0) is 0 Å². The van der Waals surface area contributed by atoms with Gasteiger partial charge in [0.1, 0.15) is 5.82 Å². The molecule has 21 heavy (non-hydrogen) atoms. The van der Waals surface area contributed by atoms with Crippen LogP contribution in [-0.4, -0.2) is 16.1 Å². The summed E-state index contributed by atoms with van der Waals surface area (Å²) in [6.45, 7) is 1.76. The van der Waals surface area contributed by atoms with E-state index in [4.69, 9.17) is 4.42 Å². The van der Waals surface area contributed by atoms with Gasteiger partial charge in [0.15, 0.2) is 11.5 Å². The Morgan fingerprint density at radius 1 is 1.38 bits per heavy atom. The molecule has 0 aliphatic heterocycles. The third-order valence-corrected chi connectivity index (χ3v) is 3.86. The van der Waals surface area contributed by atoms with Gasteiger partial charge in [-0.05, 0) is 36.1 Å². The molecule has 0 aliphatic carbocycles. The van der Waals surface area contributed by atoms with Crippen LogP contribution < -0.4 is 0 Å². The molecule has 0 fully saturated rings. The third-order valence-electron chi connectivity index (χ3n) is 3.01. The quantitative estimate of drug-likeness (QED) is 0.787. The van der Waals surface area contributed by atoms with Crippen molar-refractivity contribution in [3.8, 4) is 22.1 Å². The molecule has 0 unspecified atom stereocenters. The van der Waals surface area contributed by atoms with Crippen LogP contribution in [0, 0.1) is 12.7 Å². The normalized spacial score (nSPS) is 10.8. The van der Waals surface area contributed by atoms with Crippen LogP contribution in [0.5, 0.6) is 0 Å². The summed E-state index contributed by atoms with van der Waals surface area (Å²) < 4.78 is 19.0. The summed E-state index contributed by atoms with van der Waals surface area (Å²) in [7, 11) is 0. The summed E-state index contributed by atoms with van der Waals surface area (Å²) in [4.78, 5) is 16.1. The Morgan fingerprint density at radius 3 is 2.86 bits per heavy atom. The van der Waals surface area contributed by atoms with Crippen LogP contribution in [0.25, 0.3) is 22.1 Å². The molecule has 3 aromatic rings. The second-order valence-electron chi connectivity index (χ2n) is 4.44. The van der Waals surface area contributed by atoms with Crippen molar-refractivity contribution in [2.24, 2.45) is 0 Å². The monoisotopic (exact) mass is 303 g/mol. The number of nitrogens with zero attached hydrogens (tertiary/aromatic N) is 1. The number of carboxylic acid groups (broad SMARTS) is 1. The molecule has 1 aromatic carbocycles. The number of hydrogen-bond donors (Lipinski definition) is 1. The van der Waals surface area contributed by atoms with E-state index in [1.807, 2.05) is 11.4 Å². The molecule has 0 amide bonds. The van der Waals surface area contributed by atoms with Crippen molar-refractivity contribution in [3.05, 3.63) is 52.8 Å². The van der Waals surface area contributed by atoms with Gasteiger partial charge in [0.2, 0.25) is 5.89 Å². The third kappa shape index (κ3) is 2.45. The predicted octanol–water partition coefficient (Wildman–Crippen LogP) is 4.22. The SMILES string of the molecule is Cc1ccc(F)cc1-c1oc(-c2cccs2)nc1C(=O)O. The molecule has 2 aromatic heterocycles. The standard InChI is InChI=1S/C15H10FNO3S/c1-8-4-5-9(16)7-10(8)13-12(15(18)19)17-14(20-13)11-3-2-6-21-11/h2-7H,1H3,(H,18,19). The maximum atomic E-state index is 13.4. The van der Waals surface area contributed by atoms with Crippen LogP contribution in [0.4, 0.5) is 4.39 Å². The second-order valence-corrected chi connectivity index (χ2v) is 5.39. The lowest BCUT2D eigenvalue weighted by Crippen LogP contribution is -1.99. The molecular formula is C15H10FNO3S. The fraction of sp³-hybridized carbons (Fsp3) is 0.0667. The van der Waals surface area contributed by atoms with Crippen molar-refractivity contribution in [2.75, 3.05) is 0 Å². The molecule has 3 rings (SSSR count). The minimum Gasteiger partial charge on any atom is -0.476 e. The fourth-order valence-electron chi connectivity index (χ4n) is 1.99. The smallest absolute Gasteiger partial charge is 0.358 e. The van der Waals surface area contributed by atoms with E-state index < -0.39 is 11.8 Å². The van der Waals surface area contributed by atoms with Crippen LogP contribution in [0.1, 0.15) is 16.1 Å². The zero-order chi connectivity index (χ0) is 15.0. The molecule has 0 saturated heterocycles. The second kappa shape index (κ2) is 5.14. The zero-order valence-electron chi connectivity index (χ0n) is 11.0. The molecule has 1 N–H and O–H groups in total. The van der Waals surface area contributed by atoms with Gasteiger partial charge in [-0.3, -0.25) is 0 Å². The first kappa shape index (κ1) is 13.5. The highest BCUT2D eigenvalue weighted by atomic mass is 32.1. The Labute approximate surface area is 123 Å². The van der Waals surface area contributed by atoms with Gasteiger partial charge in [-0.1, -0.05) is 12.1 Å². The molecule has 0 spiro atoms. The molecule has 0 saturated carbocycles. The lowest BCUT2D eigenvalue weighted by molar-refractivity contribution is 0.0691. The van der Waals surface area contributed by atoms with Crippen LogP contribution in [0.3, 0.4) is 0 Å². The Hall–Kier alpha value is -2.47. The van der Waals surface area contributed by atoms with E-state index in [1.165, 1.54) is 23.5 Å². The molecule has 2 heterocycles. The van der Waals surface area contributed by atoms with Crippen LogP contribution >= 0.6 is 11.3 Å². The number of rotatable bonds is 3. The van der Waals surface area contributed by atoms with Gasteiger partial charge >= 0.3 is 5.97 Å². The predicted molar refractivity (Wildman–Crippen MR) is 76.9 cm³/mol. The Balaban J connectivity index is 2.21. The van der Waals surface area contributed by atoms with E-state index in [1.54, 1.807) is 19.1 Å². The highest BCUT2D eigenvalue weighted by Crippen LogP contribution is 2.33. The average molecular weight is 303 g/mol. The van der Waals surface area contributed by atoms with Crippen molar-refractivity contribution < 1.29 is 18.7 Å². The first-order chi connectivity index (χ1) is 10.1. The number of carbonyl (C=O) groups is 1. The summed E-state index contributed by atoms with van der Waals surface area (Å²) in [5.41, 5.74) is 0.891. The zero-order valence-corrected chi connectivity index (χ0v) is 11.8. The molecule has 6 heteroatoms. The number of aryl methyl sites for hydroxylation is 1. The Kier molecular flexibility index (Phi) is 3.31. The lowest BCUT2D eigenvalue weighted by atomic mass is 10.1. The van der Waals surface area contributed by atoms with Crippen LogP contribution in [0.2, 0.25) is 0 Å². The van der Waals surface area contributed by atoms with E-state index in [0.29, 0.717) is 11.1 Å². The summed E-state index contributed by atoms with van der Waals surface area (Å²) in [5, 5.41) is 11.1. The maximum absolute atomic E-state index is 13.4. The van der Waals surface area contributed by atoms with Gasteiger partial charge in [0.25, 0.3) is 0 Å². The van der Waals surface area contributed by atoms with E-state index in [0.717, 1.165) is 4.88 Å². The average Bonchev–Trinajstić information content (AvgIpc) is 3.09. The van der Waals surface area contributed by atoms with Gasteiger partial charge in [0.05, 0.1) is 4.88 Å². The van der Waals surface area contributed by atoms with Crippen molar-refractivity contribution in [1.29, 1.82) is 0 Å². The lowest BCUT2D eigenvalue weighted by Gasteiger charge is -2.03. The molecule has 0 bridgehead atoms. The number of benzene rings is 1. The molecule has 4 nitrogen and oxygen atoms in total. The van der Waals surface area contributed by atoms with Gasteiger partial charge in [0, 0.05) is 5.56 Å². The molecule has 0 atom stereocenters. The highest BCUT2D eigenvalue weighted by molar-refractivity contribution is 7.13. The topological polar surface area (TPSA) is 63.3 Å². The first-order valence-corrected chi connectivity index (χ1v) is 6.99. The fourth-order valence-corrected chi connectivity index (χ4v) is 2.64. The molecule has 0 radical (unpaired) electrons. The van der Waals surface area contributed by atoms with Gasteiger partial charge in [-0.2, -0.15) is 0 Å². The van der Waals surface area contributed by atoms with Crippen LogP contribution in [0.15, 0.2) is 40.1 Å². The first-order valence-electron chi connectivity index (χ1n) is 6.11. The number of hydrogen-bond acceptors (Lipinski definition) is 4. The molecular weight excluding hydrogens is 293 g/mol. The van der Waals surface area contributed by atoms with Crippen molar-refractivity contribution in [3.63, 3.8) is 0 Å². The Bertz CT molecular complexity index is 808. The number of oxazole rings is 1. The summed E-state index contributed by atoms with van der Waals surface area (Å²) >= 11 is 1.39. The van der Waals surface area contributed by atoms with Gasteiger partial charge in [-0.25, -0.2) is 14.2 Å². The summed E-state index contributed by atoms with van der Waals surface area (Å²) in [6.07, 6.45) is 0. The van der Waals surface area contributed by atoms with Crippen molar-refractivity contribution in [2.45, 2.75) is 6.92 Å². The number of thiophene rings is 1. The van der Waals surface area contributed by atoms with E-state index in [-0.39, 0.29) is 17.3 Å². The summed E-state index contributed by atoms with van der Waals surface area (Å²) in [5.74, 6) is -1.37. The Morgan fingerprint density at radius 2 is 2.19 bits per heavy atom. The van der Waals surface area contributed by atoms with E-state index >= 15 is 0 Å². The minimum atomic E-state index is -1.21. The van der Waals surface area contributed by atoms with Gasteiger partial charge < -0.3 is 9.52 Å². The number of aromatic carboxylic acids is 1. The maximum Gasteiger partial charge on any atom is 0.358 e. The van der Waals surface area contributed by atoms with E-state index in [2.05, 4.69) is 4.98 Å². The molecule has 0 aliphatic rings. The minimum absolute atomic E-state index is 0.0721. The largest absolute Gasteiger partial charge is 0.476 e.